The Bertz CT molecular complexity index is 520. The molecule has 6 heteroatoms. The van der Waals surface area contributed by atoms with Crippen LogP contribution in [0.25, 0.3) is 11.3 Å². The molecule has 2 aromatic rings. The minimum atomic E-state index is -1.51. The Morgan fingerprint density at radius 1 is 0.938 bits per heavy atom. The van der Waals surface area contributed by atoms with Gasteiger partial charge in [-0.2, -0.15) is 0 Å². The summed E-state index contributed by atoms with van der Waals surface area (Å²) in [4.78, 5) is 7.41. The van der Waals surface area contributed by atoms with Crippen LogP contribution in [0.1, 0.15) is 0 Å². The molecule has 0 amide bonds. The summed E-state index contributed by atoms with van der Waals surface area (Å²) in [6, 6.07) is 3.03. The van der Waals surface area contributed by atoms with E-state index in [1.165, 1.54) is 6.07 Å². The number of nitrogens with two attached hydrogens (primary N) is 1. The van der Waals surface area contributed by atoms with Crippen LogP contribution in [-0.2, 0) is 0 Å². The summed E-state index contributed by atoms with van der Waals surface area (Å²) >= 11 is 0. The van der Waals surface area contributed by atoms with Gasteiger partial charge in [0.15, 0.2) is 17.5 Å². The molecule has 1 heterocycles. The van der Waals surface area contributed by atoms with Gasteiger partial charge in [-0.15, -0.1) is 0 Å². The summed E-state index contributed by atoms with van der Waals surface area (Å²) in [7, 11) is 0. The third-order valence-corrected chi connectivity index (χ3v) is 1.97. The van der Waals surface area contributed by atoms with E-state index in [0.717, 1.165) is 18.5 Å². The van der Waals surface area contributed by atoms with Crippen molar-refractivity contribution >= 4 is 5.82 Å². The Balaban J connectivity index is 2.57. The van der Waals surface area contributed by atoms with Gasteiger partial charge in [0.25, 0.3) is 0 Å². The highest BCUT2D eigenvalue weighted by molar-refractivity contribution is 5.61. The smallest absolute Gasteiger partial charge is 0.194 e. The Kier molecular flexibility index (Phi) is 2.47. The van der Waals surface area contributed by atoms with E-state index < -0.39 is 17.5 Å². The van der Waals surface area contributed by atoms with Crippen LogP contribution < -0.4 is 5.73 Å². The highest BCUT2D eigenvalue weighted by Crippen LogP contribution is 2.22. The number of rotatable bonds is 1. The molecule has 82 valence electrons. The first-order valence-corrected chi connectivity index (χ1v) is 4.30. The second-order valence-corrected chi connectivity index (χ2v) is 3.08. The lowest BCUT2D eigenvalue weighted by Crippen LogP contribution is -1.95. The molecule has 0 aliphatic heterocycles. The van der Waals surface area contributed by atoms with Gasteiger partial charge in [0.05, 0.1) is 5.69 Å². The van der Waals surface area contributed by atoms with E-state index in [1.807, 2.05) is 0 Å². The van der Waals surface area contributed by atoms with Crippen LogP contribution in [0.4, 0.5) is 19.0 Å². The van der Waals surface area contributed by atoms with Crippen LogP contribution in [0.2, 0.25) is 0 Å². The van der Waals surface area contributed by atoms with Gasteiger partial charge in [-0.25, -0.2) is 23.1 Å². The predicted octanol–water partition coefficient (Wildman–Crippen LogP) is 2.14. The molecule has 0 saturated carbocycles. The van der Waals surface area contributed by atoms with Crippen LogP contribution in [-0.4, -0.2) is 9.97 Å². The number of anilines is 1. The fourth-order valence-corrected chi connectivity index (χ4v) is 1.23. The Hall–Kier alpha value is -2.11. The van der Waals surface area contributed by atoms with E-state index in [4.69, 9.17) is 5.73 Å². The number of nitrogen functional groups attached to an aromatic ring is 1. The standard InChI is InChI=1S/C10H6F3N3/c11-6-1-5(2-7(12)10(6)13)8-3-9(14)16-4-15-8/h1-4H,(H2,14,15,16). The normalized spacial score (nSPS) is 10.4. The maximum atomic E-state index is 12.9. The van der Waals surface area contributed by atoms with Crippen molar-refractivity contribution in [3.8, 4) is 11.3 Å². The van der Waals surface area contributed by atoms with Gasteiger partial charge in [-0.3, -0.25) is 0 Å². The summed E-state index contributed by atoms with van der Waals surface area (Å²) in [6.07, 6.45) is 1.16. The molecule has 0 saturated heterocycles. The predicted molar refractivity (Wildman–Crippen MR) is 51.8 cm³/mol. The van der Waals surface area contributed by atoms with Crippen molar-refractivity contribution in [2.45, 2.75) is 0 Å². The third-order valence-electron chi connectivity index (χ3n) is 1.97. The van der Waals surface area contributed by atoms with Crippen molar-refractivity contribution in [1.82, 2.24) is 9.97 Å². The molecule has 0 fully saturated rings. The number of nitrogens with zero attached hydrogens (tertiary/aromatic N) is 2. The molecule has 0 aliphatic rings. The number of aromatic nitrogens is 2. The monoisotopic (exact) mass is 225 g/mol. The van der Waals surface area contributed by atoms with E-state index in [2.05, 4.69) is 9.97 Å². The highest BCUT2D eigenvalue weighted by atomic mass is 19.2. The zero-order valence-corrected chi connectivity index (χ0v) is 7.92. The van der Waals surface area contributed by atoms with Crippen molar-refractivity contribution in [2.24, 2.45) is 0 Å². The van der Waals surface area contributed by atoms with Gasteiger partial charge in [0.1, 0.15) is 12.1 Å². The van der Waals surface area contributed by atoms with Crippen molar-refractivity contribution < 1.29 is 13.2 Å². The summed E-state index contributed by atoms with van der Waals surface area (Å²) in [6.45, 7) is 0. The highest BCUT2D eigenvalue weighted by Gasteiger charge is 2.12. The zero-order valence-electron chi connectivity index (χ0n) is 7.92. The topological polar surface area (TPSA) is 51.8 Å². The molecule has 3 nitrogen and oxygen atoms in total. The lowest BCUT2D eigenvalue weighted by molar-refractivity contribution is 0.447. The van der Waals surface area contributed by atoms with Crippen molar-refractivity contribution in [3.63, 3.8) is 0 Å². The fourth-order valence-electron chi connectivity index (χ4n) is 1.23. The molecule has 0 spiro atoms. The summed E-state index contributed by atoms with van der Waals surface area (Å²) < 4.78 is 38.6. The third kappa shape index (κ3) is 1.81. The zero-order chi connectivity index (χ0) is 11.7. The van der Waals surface area contributed by atoms with E-state index in [0.29, 0.717) is 0 Å². The van der Waals surface area contributed by atoms with Crippen LogP contribution >= 0.6 is 0 Å². The summed E-state index contributed by atoms with van der Waals surface area (Å²) in [5.41, 5.74) is 5.72. The average molecular weight is 225 g/mol. The molecular weight excluding hydrogens is 219 g/mol. The molecule has 0 bridgehead atoms. The first-order chi connectivity index (χ1) is 7.58. The quantitative estimate of drug-likeness (QED) is 0.756. The summed E-state index contributed by atoms with van der Waals surface area (Å²) in [5, 5.41) is 0. The van der Waals surface area contributed by atoms with Gasteiger partial charge in [0.2, 0.25) is 0 Å². The largest absolute Gasteiger partial charge is 0.384 e. The Morgan fingerprint density at radius 3 is 2.12 bits per heavy atom. The number of hydrogen-bond acceptors (Lipinski definition) is 3. The lowest BCUT2D eigenvalue weighted by Gasteiger charge is -2.03. The fraction of sp³-hybridized carbons (Fsp3) is 0. The molecule has 16 heavy (non-hydrogen) atoms. The number of halogens is 3. The van der Waals surface area contributed by atoms with Crippen molar-refractivity contribution in [1.29, 1.82) is 0 Å². The number of hydrogen-bond donors (Lipinski definition) is 1. The van der Waals surface area contributed by atoms with E-state index in [-0.39, 0.29) is 17.1 Å². The van der Waals surface area contributed by atoms with Gasteiger partial charge < -0.3 is 5.73 Å². The maximum Gasteiger partial charge on any atom is 0.194 e. The molecule has 0 aliphatic carbocycles. The van der Waals surface area contributed by atoms with E-state index >= 15 is 0 Å². The summed E-state index contributed by atoms with van der Waals surface area (Å²) in [5.74, 6) is -3.89. The van der Waals surface area contributed by atoms with Crippen LogP contribution in [0.5, 0.6) is 0 Å². The molecule has 2 N–H and O–H groups in total. The second-order valence-electron chi connectivity index (χ2n) is 3.08. The van der Waals surface area contributed by atoms with E-state index in [9.17, 15) is 13.2 Å². The molecule has 1 aromatic carbocycles. The van der Waals surface area contributed by atoms with Gasteiger partial charge in [0, 0.05) is 11.6 Å². The van der Waals surface area contributed by atoms with Crippen LogP contribution in [0.3, 0.4) is 0 Å². The van der Waals surface area contributed by atoms with Crippen LogP contribution in [0.15, 0.2) is 24.5 Å². The second kappa shape index (κ2) is 3.80. The molecule has 0 atom stereocenters. The van der Waals surface area contributed by atoms with Crippen molar-refractivity contribution in [3.05, 3.63) is 42.0 Å². The molecule has 2 rings (SSSR count). The lowest BCUT2D eigenvalue weighted by atomic mass is 10.1. The average Bonchev–Trinajstić information content (AvgIpc) is 2.25. The maximum absolute atomic E-state index is 12.9. The minimum Gasteiger partial charge on any atom is -0.384 e. The molecule has 0 unspecified atom stereocenters. The van der Waals surface area contributed by atoms with Crippen molar-refractivity contribution in [2.75, 3.05) is 5.73 Å². The Morgan fingerprint density at radius 2 is 1.56 bits per heavy atom. The van der Waals surface area contributed by atoms with Crippen LogP contribution in [0, 0.1) is 17.5 Å². The molecular formula is C10H6F3N3. The van der Waals surface area contributed by atoms with E-state index in [1.54, 1.807) is 0 Å². The first kappa shape index (κ1) is 10.4. The Labute approximate surface area is 88.8 Å². The van der Waals surface area contributed by atoms with Gasteiger partial charge >= 0.3 is 0 Å². The minimum absolute atomic E-state index is 0.102. The first-order valence-electron chi connectivity index (χ1n) is 4.30. The molecule has 1 aromatic heterocycles. The van der Waals surface area contributed by atoms with Gasteiger partial charge in [-0.1, -0.05) is 0 Å². The molecule has 0 radical (unpaired) electrons. The SMILES string of the molecule is Nc1cc(-c2cc(F)c(F)c(F)c2)ncn1. The number of benzene rings is 1. The van der Waals surface area contributed by atoms with Gasteiger partial charge in [-0.05, 0) is 12.1 Å².